The van der Waals surface area contributed by atoms with Crippen molar-refractivity contribution < 1.29 is 9.53 Å². The lowest BCUT2D eigenvalue weighted by Gasteiger charge is -2.37. The van der Waals surface area contributed by atoms with Gasteiger partial charge in [0.05, 0.1) is 7.11 Å². The monoisotopic (exact) mass is 241 g/mol. The van der Waals surface area contributed by atoms with Gasteiger partial charge < -0.3 is 9.64 Å². The first-order valence-electron chi connectivity index (χ1n) is 6.81. The molecule has 1 fully saturated rings. The number of carbonyl (C=O) groups excluding carboxylic acids is 1. The Bertz CT molecular complexity index is 242. The van der Waals surface area contributed by atoms with Crippen molar-refractivity contribution in [2.75, 3.05) is 20.7 Å². The van der Waals surface area contributed by atoms with Crippen molar-refractivity contribution in [3.63, 3.8) is 0 Å². The van der Waals surface area contributed by atoms with E-state index in [1.54, 1.807) is 0 Å². The average Bonchev–Trinajstić information content (AvgIpc) is 2.32. The van der Waals surface area contributed by atoms with E-state index in [4.69, 9.17) is 0 Å². The normalized spacial score (nSPS) is 29.4. The van der Waals surface area contributed by atoms with Crippen molar-refractivity contribution in [2.45, 2.75) is 52.0 Å². The molecule has 0 heterocycles. The molecule has 1 aliphatic carbocycles. The van der Waals surface area contributed by atoms with Crippen molar-refractivity contribution in [1.82, 2.24) is 4.90 Å². The zero-order valence-electron chi connectivity index (χ0n) is 11.7. The Morgan fingerprint density at radius 3 is 2.59 bits per heavy atom. The van der Waals surface area contributed by atoms with E-state index in [1.807, 2.05) is 0 Å². The molecule has 1 aliphatic rings. The number of rotatable bonds is 5. The molecular weight excluding hydrogens is 214 g/mol. The number of methoxy groups -OCH3 is 1. The summed E-state index contributed by atoms with van der Waals surface area (Å²) in [4.78, 5) is 13.4. The zero-order valence-corrected chi connectivity index (χ0v) is 11.7. The summed E-state index contributed by atoms with van der Waals surface area (Å²) in [7, 11) is 3.64. The number of esters is 1. The molecule has 3 unspecified atom stereocenters. The van der Waals surface area contributed by atoms with E-state index in [-0.39, 0.29) is 5.97 Å². The van der Waals surface area contributed by atoms with E-state index in [2.05, 4.69) is 30.5 Å². The second-order valence-electron chi connectivity index (χ2n) is 5.58. The van der Waals surface area contributed by atoms with Gasteiger partial charge in [0.25, 0.3) is 0 Å². The molecule has 0 radical (unpaired) electrons. The predicted molar refractivity (Wildman–Crippen MR) is 69.8 cm³/mol. The van der Waals surface area contributed by atoms with Crippen LogP contribution in [-0.2, 0) is 9.53 Å². The Morgan fingerprint density at radius 2 is 2.00 bits per heavy atom. The Labute approximate surface area is 106 Å². The molecule has 0 aromatic rings. The van der Waals surface area contributed by atoms with Gasteiger partial charge in [0.1, 0.15) is 0 Å². The van der Waals surface area contributed by atoms with Crippen LogP contribution in [0.4, 0.5) is 0 Å². The van der Waals surface area contributed by atoms with Gasteiger partial charge in [-0.25, -0.2) is 0 Å². The molecule has 0 saturated heterocycles. The first-order chi connectivity index (χ1) is 8.04. The number of hydrogen-bond donors (Lipinski definition) is 0. The molecule has 3 nitrogen and oxygen atoms in total. The van der Waals surface area contributed by atoms with Crippen molar-refractivity contribution >= 4 is 5.97 Å². The number of hydrogen-bond acceptors (Lipinski definition) is 3. The van der Waals surface area contributed by atoms with Crippen LogP contribution in [0.2, 0.25) is 0 Å². The maximum absolute atomic E-state index is 11.0. The molecule has 1 saturated carbocycles. The van der Waals surface area contributed by atoms with Crippen LogP contribution in [0.15, 0.2) is 0 Å². The third kappa shape index (κ3) is 4.66. The minimum absolute atomic E-state index is 0.0935. The van der Waals surface area contributed by atoms with Gasteiger partial charge >= 0.3 is 5.97 Å². The van der Waals surface area contributed by atoms with Crippen LogP contribution in [0.25, 0.3) is 0 Å². The molecule has 0 aliphatic heterocycles. The maximum Gasteiger partial charge on any atom is 0.305 e. The quantitative estimate of drug-likeness (QED) is 0.693. The zero-order chi connectivity index (χ0) is 12.8. The van der Waals surface area contributed by atoms with Gasteiger partial charge in [-0.15, -0.1) is 0 Å². The lowest BCUT2D eigenvalue weighted by Crippen LogP contribution is -2.38. The van der Waals surface area contributed by atoms with Gasteiger partial charge in [0.2, 0.25) is 0 Å². The molecule has 0 aromatic carbocycles. The van der Waals surface area contributed by atoms with Crippen LogP contribution in [0.1, 0.15) is 46.0 Å². The van der Waals surface area contributed by atoms with Gasteiger partial charge in [0, 0.05) is 12.5 Å². The van der Waals surface area contributed by atoms with Crippen LogP contribution < -0.4 is 0 Å². The fraction of sp³-hybridized carbons (Fsp3) is 0.929. The summed E-state index contributed by atoms with van der Waals surface area (Å²) in [5.41, 5.74) is 0. The Morgan fingerprint density at radius 1 is 1.29 bits per heavy atom. The predicted octanol–water partition coefficient (Wildman–Crippen LogP) is 2.70. The molecule has 0 spiro atoms. The minimum Gasteiger partial charge on any atom is -0.469 e. The summed E-state index contributed by atoms with van der Waals surface area (Å²) in [5, 5.41) is 0. The number of nitrogens with zero attached hydrogens (tertiary/aromatic N) is 1. The van der Waals surface area contributed by atoms with Gasteiger partial charge in [0.15, 0.2) is 0 Å². The molecule has 0 N–H and O–H groups in total. The molecule has 3 atom stereocenters. The summed E-state index contributed by atoms with van der Waals surface area (Å²) >= 11 is 0. The topological polar surface area (TPSA) is 29.5 Å². The second kappa shape index (κ2) is 7.00. The average molecular weight is 241 g/mol. The van der Waals surface area contributed by atoms with E-state index in [9.17, 15) is 4.79 Å². The lowest BCUT2D eigenvalue weighted by atomic mass is 9.78. The summed E-state index contributed by atoms with van der Waals surface area (Å²) in [5.74, 6) is 1.61. The van der Waals surface area contributed by atoms with Crippen LogP contribution in [0, 0.1) is 11.8 Å². The number of ether oxygens (including phenoxy) is 1. The molecule has 1 rings (SSSR count). The van der Waals surface area contributed by atoms with Crippen molar-refractivity contribution in [1.29, 1.82) is 0 Å². The molecule has 0 bridgehead atoms. The summed E-state index contributed by atoms with van der Waals surface area (Å²) in [6.45, 7) is 5.72. The Hall–Kier alpha value is -0.570. The lowest BCUT2D eigenvalue weighted by molar-refractivity contribution is -0.140. The van der Waals surface area contributed by atoms with Gasteiger partial charge in [-0.1, -0.05) is 13.8 Å². The van der Waals surface area contributed by atoms with Gasteiger partial charge in [-0.05, 0) is 51.1 Å². The highest BCUT2D eigenvalue weighted by Gasteiger charge is 2.26. The van der Waals surface area contributed by atoms with E-state index in [1.165, 1.54) is 26.4 Å². The Balaban J connectivity index is 2.23. The Kier molecular flexibility index (Phi) is 5.96. The molecule has 100 valence electrons. The minimum atomic E-state index is -0.0935. The largest absolute Gasteiger partial charge is 0.469 e. The first kappa shape index (κ1) is 14.5. The molecule has 0 amide bonds. The maximum atomic E-state index is 11.0. The van der Waals surface area contributed by atoms with E-state index in [0.29, 0.717) is 12.5 Å². The molecular formula is C14H27NO2. The SMILES string of the molecule is COC(=O)CCCN(C)C1CCC(C)C(C)C1. The van der Waals surface area contributed by atoms with Gasteiger partial charge in [-0.2, -0.15) is 0 Å². The summed E-state index contributed by atoms with van der Waals surface area (Å²) in [6.07, 6.45) is 5.40. The summed E-state index contributed by atoms with van der Waals surface area (Å²) in [6, 6.07) is 0.707. The molecule has 17 heavy (non-hydrogen) atoms. The van der Waals surface area contributed by atoms with Crippen LogP contribution in [-0.4, -0.2) is 37.6 Å². The summed E-state index contributed by atoms with van der Waals surface area (Å²) < 4.78 is 4.65. The molecule has 0 aromatic heterocycles. The fourth-order valence-electron chi connectivity index (χ4n) is 2.68. The first-order valence-corrected chi connectivity index (χ1v) is 6.81. The van der Waals surface area contributed by atoms with E-state index < -0.39 is 0 Å². The molecule has 3 heteroatoms. The van der Waals surface area contributed by atoms with Crippen molar-refractivity contribution in [3.8, 4) is 0 Å². The van der Waals surface area contributed by atoms with Crippen molar-refractivity contribution in [3.05, 3.63) is 0 Å². The smallest absolute Gasteiger partial charge is 0.305 e. The second-order valence-corrected chi connectivity index (χ2v) is 5.58. The highest BCUT2D eigenvalue weighted by molar-refractivity contribution is 5.69. The third-order valence-corrected chi connectivity index (χ3v) is 4.31. The highest BCUT2D eigenvalue weighted by Crippen LogP contribution is 2.31. The van der Waals surface area contributed by atoms with Crippen LogP contribution >= 0.6 is 0 Å². The van der Waals surface area contributed by atoms with E-state index >= 15 is 0 Å². The highest BCUT2D eigenvalue weighted by atomic mass is 16.5. The van der Waals surface area contributed by atoms with E-state index in [0.717, 1.165) is 24.8 Å². The standard InChI is InChI=1S/C14H27NO2/c1-11-7-8-13(10-12(11)2)15(3)9-5-6-14(16)17-4/h11-13H,5-10H2,1-4H3. The third-order valence-electron chi connectivity index (χ3n) is 4.31. The number of carbonyl (C=O) groups is 1. The van der Waals surface area contributed by atoms with Gasteiger partial charge in [-0.3, -0.25) is 4.79 Å². The van der Waals surface area contributed by atoms with Crippen LogP contribution in [0.5, 0.6) is 0 Å². The van der Waals surface area contributed by atoms with Crippen LogP contribution in [0.3, 0.4) is 0 Å². The van der Waals surface area contributed by atoms with Crippen molar-refractivity contribution in [2.24, 2.45) is 11.8 Å². The fourth-order valence-corrected chi connectivity index (χ4v) is 2.68.